The Bertz CT molecular complexity index is 918. The Balaban J connectivity index is 1.84. The Labute approximate surface area is 168 Å². The van der Waals surface area contributed by atoms with Gasteiger partial charge in [-0.15, -0.1) is 0 Å². The van der Waals surface area contributed by atoms with Crippen LogP contribution >= 0.6 is 22.9 Å². The van der Waals surface area contributed by atoms with Crippen LogP contribution in [-0.2, 0) is 4.79 Å². The molecule has 3 aromatic rings. The molecule has 0 saturated heterocycles. The van der Waals surface area contributed by atoms with Gasteiger partial charge in [-0.1, -0.05) is 53.3 Å². The molecule has 0 radical (unpaired) electrons. The minimum atomic E-state index is -0.0901. The maximum atomic E-state index is 12.9. The third-order valence-electron chi connectivity index (χ3n) is 4.08. The first-order chi connectivity index (χ1) is 13.0. The quantitative estimate of drug-likeness (QED) is 0.527. The van der Waals surface area contributed by atoms with E-state index in [1.165, 1.54) is 11.3 Å². The highest BCUT2D eigenvalue weighted by Crippen LogP contribution is 2.29. The lowest BCUT2D eigenvalue weighted by Gasteiger charge is -2.19. The van der Waals surface area contributed by atoms with Crippen LogP contribution in [0.4, 0.5) is 5.13 Å². The van der Waals surface area contributed by atoms with Gasteiger partial charge in [0.05, 0.1) is 10.2 Å². The highest BCUT2D eigenvalue weighted by molar-refractivity contribution is 7.22. The summed E-state index contributed by atoms with van der Waals surface area (Å²) in [5, 5.41) is 1.35. The molecular formula is C21H22ClN3OS. The average molecular weight is 400 g/mol. The maximum Gasteiger partial charge on any atom is 0.252 e. The van der Waals surface area contributed by atoms with Crippen molar-refractivity contribution in [2.45, 2.75) is 6.42 Å². The lowest BCUT2D eigenvalue weighted by Crippen LogP contribution is -2.32. The van der Waals surface area contributed by atoms with Gasteiger partial charge in [0.1, 0.15) is 0 Å². The van der Waals surface area contributed by atoms with Gasteiger partial charge < -0.3 is 4.90 Å². The van der Waals surface area contributed by atoms with Crippen LogP contribution in [0.5, 0.6) is 0 Å². The van der Waals surface area contributed by atoms with Gasteiger partial charge in [0.2, 0.25) is 0 Å². The van der Waals surface area contributed by atoms with Crippen LogP contribution in [-0.4, -0.2) is 43.0 Å². The molecule has 0 bridgehead atoms. The fraction of sp³-hybridized carbons (Fsp3) is 0.238. The summed E-state index contributed by atoms with van der Waals surface area (Å²) < 4.78 is 1.08. The zero-order valence-electron chi connectivity index (χ0n) is 15.4. The smallest absolute Gasteiger partial charge is 0.252 e. The predicted octanol–water partition coefficient (Wildman–Crippen LogP) is 4.95. The van der Waals surface area contributed by atoms with E-state index in [2.05, 4.69) is 9.88 Å². The van der Waals surface area contributed by atoms with E-state index < -0.39 is 0 Å². The number of hydrogen-bond acceptors (Lipinski definition) is 4. The number of nitrogens with zero attached hydrogens (tertiary/aromatic N) is 3. The fourth-order valence-corrected chi connectivity index (χ4v) is 3.88. The molecular weight excluding hydrogens is 378 g/mol. The van der Waals surface area contributed by atoms with Crippen LogP contribution in [0.1, 0.15) is 12.0 Å². The molecule has 3 rings (SSSR count). The number of hydrogen-bond donors (Lipinski definition) is 0. The molecule has 0 aliphatic heterocycles. The Kier molecular flexibility index (Phi) is 6.61. The Hall–Kier alpha value is -2.21. The van der Waals surface area contributed by atoms with E-state index in [1.807, 2.05) is 62.6 Å². The molecule has 0 N–H and O–H groups in total. The second kappa shape index (κ2) is 9.13. The topological polar surface area (TPSA) is 36.4 Å². The number of thiazole rings is 1. The second-order valence-electron chi connectivity index (χ2n) is 6.47. The molecule has 2 aromatic carbocycles. The number of para-hydroxylation sites is 1. The first-order valence-corrected chi connectivity index (χ1v) is 9.98. The minimum absolute atomic E-state index is 0.0901. The van der Waals surface area contributed by atoms with Gasteiger partial charge in [0.15, 0.2) is 5.13 Å². The summed E-state index contributed by atoms with van der Waals surface area (Å²) in [7, 11) is 4.06. The summed E-state index contributed by atoms with van der Waals surface area (Å²) >= 11 is 7.72. The Morgan fingerprint density at radius 3 is 2.59 bits per heavy atom. The number of carbonyl (C=O) groups is 1. The molecule has 4 nitrogen and oxygen atoms in total. The van der Waals surface area contributed by atoms with Crippen molar-refractivity contribution in [2.75, 3.05) is 32.1 Å². The van der Waals surface area contributed by atoms with Crippen molar-refractivity contribution in [1.82, 2.24) is 9.88 Å². The summed E-state index contributed by atoms with van der Waals surface area (Å²) in [6.07, 6.45) is 4.20. The normalized spacial score (nSPS) is 11.6. The molecule has 0 saturated carbocycles. The van der Waals surface area contributed by atoms with Crippen LogP contribution < -0.4 is 4.90 Å². The lowest BCUT2D eigenvalue weighted by atomic mass is 10.2. The van der Waals surface area contributed by atoms with Crippen LogP contribution in [0.3, 0.4) is 0 Å². The van der Waals surface area contributed by atoms with E-state index in [0.29, 0.717) is 11.6 Å². The molecule has 1 aromatic heterocycles. The first kappa shape index (κ1) is 19.5. The average Bonchev–Trinajstić information content (AvgIpc) is 3.08. The number of halogens is 1. The third kappa shape index (κ3) is 5.16. The number of amides is 1. The molecule has 1 heterocycles. The van der Waals surface area contributed by atoms with Crippen molar-refractivity contribution in [2.24, 2.45) is 0 Å². The van der Waals surface area contributed by atoms with Gasteiger partial charge in [-0.3, -0.25) is 9.69 Å². The van der Waals surface area contributed by atoms with Crippen molar-refractivity contribution in [3.8, 4) is 0 Å². The number of rotatable bonds is 7. The molecule has 0 aliphatic rings. The number of carbonyl (C=O) groups excluding carboxylic acids is 1. The van der Waals surface area contributed by atoms with Gasteiger partial charge in [0.25, 0.3) is 5.91 Å². The molecule has 0 fully saturated rings. The van der Waals surface area contributed by atoms with Gasteiger partial charge >= 0.3 is 0 Å². The minimum Gasteiger partial charge on any atom is -0.309 e. The monoisotopic (exact) mass is 399 g/mol. The van der Waals surface area contributed by atoms with Gasteiger partial charge in [0, 0.05) is 17.6 Å². The predicted molar refractivity (Wildman–Crippen MR) is 116 cm³/mol. The number of aromatic nitrogens is 1. The summed E-state index contributed by atoms with van der Waals surface area (Å²) in [5.41, 5.74) is 1.74. The van der Waals surface area contributed by atoms with Crippen LogP contribution in [0.25, 0.3) is 16.3 Å². The molecule has 140 valence electrons. The largest absolute Gasteiger partial charge is 0.309 e. The first-order valence-electron chi connectivity index (χ1n) is 8.79. The van der Waals surface area contributed by atoms with Crippen molar-refractivity contribution in [1.29, 1.82) is 0 Å². The highest BCUT2D eigenvalue weighted by atomic mass is 35.5. The zero-order chi connectivity index (χ0) is 19.2. The van der Waals surface area contributed by atoms with Crippen LogP contribution in [0, 0.1) is 0 Å². The van der Waals surface area contributed by atoms with Crippen LogP contribution in [0.2, 0.25) is 5.02 Å². The second-order valence-corrected chi connectivity index (χ2v) is 7.88. The Morgan fingerprint density at radius 2 is 1.85 bits per heavy atom. The van der Waals surface area contributed by atoms with Crippen molar-refractivity contribution in [3.05, 3.63) is 65.2 Å². The van der Waals surface area contributed by atoms with E-state index in [9.17, 15) is 4.79 Å². The summed E-state index contributed by atoms with van der Waals surface area (Å²) in [6.45, 7) is 1.52. The number of benzene rings is 2. The van der Waals surface area contributed by atoms with Gasteiger partial charge in [-0.25, -0.2) is 4.98 Å². The summed E-state index contributed by atoms with van der Waals surface area (Å²) in [5.74, 6) is -0.0901. The van der Waals surface area contributed by atoms with E-state index in [1.54, 1.807) is 17.1 Å². The lowest BCUT2D eigenvalue weighted by molar-refractivity contribution is -0.114. The van der Waals surface area contributed by atoms with Gasteiger partial charge in [-0.2, -0.15) is 0 Å². The van der Waals surface area contributed by atoms with E-state index in [4.69, 9.17) is 11.6 Å². The van der Waals surface area contributed by atoms with Crippen LogP contribution in [0.15, 0.2) is 54.6 Å². The SMILES string of the molecule is CN(C)CCCN(C(=O)C=Cc1ccccc1Cl)c1nc2ccccc2s1. The number of anilines is 1. The standard InChI is InChI=1S/C21H22ClN3OS/c1-24(2)14-7-15-25(21-23-18-10-5-6-11-19(18)27-21)20(26)13-12-16-8-3-4-9-17(16)22/h3-6,8-13H,7,14-15H2,1-2H3. The van der Waals surface area contributed by atoms with Crippen molar-refractivity contribution < 1.29 is 4.79 Å². The fourth-order valence-electron chi connectivity index (χ4n) is 2.68. The van der Waals surface area contributed by atoms with Crippen molar-refractivity contribution in [3.63, 3.8) is 0 Å². The zero-order valence-corrected chi connectivity index (χ0v) is 17.0. The molecule has 27 heavy (non-hydrogen) atoms. The molecule has 0 atom stereocenters. The number of fused-ring (bicyclic) bond motifs is 1. The molecule has 0 spiro atoms. The maximum absolute atomic E-state index is 12.9. The van der Waals surface area contributed by atoms with E-state index in [-0.39, 0.29) is 5.91 Å². The molecule has 0 aliphatic carbocycles. The molecule has 1 amide bonds. The molecule has 6 heteroatoms. The molecule has 0 unspecified atom stereocenters. The van der Waals surface area contributed by atoms with Crippen molar-refractivity contribution >= 4 is 50.3 Å². The van der Waals surface area contributed by atoms with Gasteiger partial charge in [-0.05, 0) is 56.9 Å². The highest BCUT2D eigenvalue weighted by Gasteiger charge is 2.17. The Morgan fingerprint density at radius 1 is 1.11 bits per heavy atom. The summed E-state index contributed by atoms with van der Waals surface area (Å²) in [6, 6.07) is 15.4. The van der Waals surface area contributed by atoms with E-state index in [0.717, 1.165) is 33.9 Å². The third-order valence-corrected chi connectivity index (χ3v) is 5.48. The van der Waals surface area contributed by atoms with E-state index >= 15 is 0 Å². The summed E-state index contributed by atoms with van der Waals surface area (Å²) in [4.78, 5) is 21.4.